The fourth-order valence-electron chi connectivity index (χ4n) is 2.48. The summed E-state index contributed by atoms with van der Waals surface area (Å²) in [4.78, 5) is 15.4. The Hall–Kier alpha value is -0.910. The van der Waals surface area contributed by atoms with Crippen molar-refractivity contribution < 1.29 is 9.53 Å². The predicted molar refractivity (Wildman–Crippen MR) is 81.8 cm³/mol. The van der Waals surface area contributed by atoms with Crippen LogP contribution in [0.3, 0.4) is 0 Å². The summed E-state index contributed by atoms with van der Waals surface area (Å²) in [5.74, 6) is 0.619. The summed E-state index contributed by atoms with van der Waals surface area (Å²) in [5.41, 5.74) is 0. The first-order valence-corrected chi connectivity index (χ1v) is 8.25. The highest BCUT2D eigenvalue weighted by Gasteiger charge is 2.19. The van der Waals surface area contributed by atoms with Crippen LogP contribution in [0.1, 0.15) is 24.6 Å². The second-order valence-corrected chi connectivity index (χ2v) is 6.27. The van der Waals surface area contributed by atoms with Crippen LogP contribution < -0.4 is 5.32 Å². The number of nitrogens with zero attached hydrogens (tertiary/aromatic N) is 1. The summed E-state index contributed by atoms with van der Waals surface area (Å²) in [6, 6.07) is 4.31. The lowest BCUT2D eigenvalue weighted by molar-refractivity contribution is -0.125. The lowest BCUT2D eigenvalue weighted by atomic mass is 9.97. The Morgan fingerprint density at radius 3 is 2.95 bits per heavy atom. The number of likely N-dealkylation sites (tertiary alicyclic amines) is 1. The van der Waals surface area contributed by atoms with Gasteiger partial charge in [-0.3, -0.25) is 9.69 Å². The van der Waals surface area contributed by atoms with E-state index in [4.69, 9.17) is 4.74 Å². The van der Waals surface area contributed by atoms with Gasteiger partial charge in [0.2, 0.25) is 5.91 Å². The zero-order valence-corrected chi connectivity index (χ0v) is 13.0. The van der Waals surface area contributed by atoms with Crippen molar-refractivity contribution >= 4 is 17.2 Å². The summed E-state index contributed by atoms with van der Waals surface area (Å²) in [6.07, 6.45) is 2.33. The van der Waals surface area contributed by atoms with E-state index in [1.807, 2.05) is 18.3 Å². The molecule has 5 heteroatoms. The molecule has 1 saturated heterocycles. The summed E-state index contributed by atoms with van der Waals surface area (Å²) in [5, 5.41) is 5.10. The number of ether oxygens (including phenoxy) is 1. The third-order valence-corrected chi connectivity index (χ3v) is 4.55. The highest BCUT2D eigenvalue weighted by Crippen LogP contribution is 2.20. The van der Waals surface area contributed by atoms with Gasteiger partial charge in [-0.15, -0.1) is 11.3 Å². The number of nitrogens with one attached hydrogen (secondary N) is 1. The molecular formula is C15H24N2O2S. The standard InChI is InChI=1S/C15H24N2O2S/c1-2-19-12-15(18)16-10-13-5-7-17(8-6-13)11-14-4-3-9-20-14/h3-4,9,13H,2,5-8,10-12H2,1H3,(H,16,18). The molecule has 0 saturated carbocycles. The normalized spacial score (nSPS) is 17.2. The van der Waals surface area contributed by atoms with Crippen LogP contribution in [-0.4, -0.2) is 43.7 Å². The van der Waals surface area contributed by atoms with Gasteiger partial charge < -0.3 is 10.1 Å². The fourth-order valence-corrected chi connectivity index (χ4v) is 3.22. The fraction of sp³-hybridized carbons (Fsp3) is 0.667. The van der Waals surface area contributed by atoms with E-state index >= 15 is 0 Å². The second kappa shape index (κ2) is 8.39. The summed E-state index contributed by atoms with van der Waals surface area (Å²) < 4.78 is 5.09. The zero-order chi connectivity index (χ0) is 14.2. The maximum Gasteiger partial charge on any atom is 0.246 e. The van der Waals surface area contributed by atoms with Crippen molar-refractivity contribution in [2.24, 2.45) is 5.92 Å². The van der Waals surface area contributed by atoms with Gasteiger partial charge in [-0.2, -0.15) is 0 Å². The van der Waals surface area contributed by atoms with Crippen LogP contribution in [-0.2, 0) is 16.1 Å². The van der Waals surface area contributed by atoms with Crippen LogP contribution in [0.15, 0.2) is 17.5 Å². The van der Waals surface area contributed by atoms with Crippen LogP contribution >= 0.6 is 11.3 Å². The van der Waals surface area contributed by atoms with Gasteiger partial charge in [-0.05, 0) is 50.2 Å². The Kier molecular flexibility index (Phi) is 6.50. The Morgan fingerprint density at radius 2 is 2.30 bits per heavy atom. The number of piperidine rings is 1. The van der Waals surface area contributed by atoms with Crippen molar-refractivity contribution in [3.63, 3.8) is 0 Å². The Morgan fingerprint density at radius 1 is 1.50 bits per heavy atom. The molecule has 0 radical (unpaired) electrons. The molecule has 0 aliphatic carbocycles. The molecule has 0 aromatic carbocycles. The Labute approximate surface area is 125 Å². The van der Waals surface area contributed by atoms with Crippen molar-refractivity contribution in [2.45, 2.75) is 26.3 Å². The van der Waals surface area contributed by atoms with Gasteiger partial charge in [0.15, 0.2) is 0 Å². The zero-order valence-electron chi connectivity index (χ0n) is 12.1. The minimum atomic E-state index is 0.00728. The van der Waals surface area contributed by atoms with Gasteiger partial charge in [0.25, 0.3) is 0 Å². The number of carbonyl (C=O) groups is 1. The molecule has 1 aliphatic rings. The van der Waals surface area contributed by atoms with E-state index in [1.165, 1.54) is 17.7 Å². The van der Waals surface area contributed by atoms with Crippen LogP contribution in [0, 0.1) is 5.92 Å². The third kappa shape index (κ3) is 5.23. The smallest absolute Gasteiger partial charge is 0.246 e. The van der Waals surface area contributed by atoms with Crippen molar-refractivity contribution in [3.05, 3.63) is 22.4 Å². The van der Waals surface area contributed by atoms with Crippen molar-refractivity contribution in [2.75, 3.05) is 32.8 Å². The van der Waals surface area contributed by atoms with Crippen LogP contribution in [0.25, 0.3) is 0 Å². The highest BCUT2D eigenvalue weighted by atomic mass is 32.1. The monoisotopic (exact) mass is 296 g/mol. The minimum Gasteiger partial charge on any atom is -0.372 e. The van der Waals surface area contributed by atoms with Gasteiger partial charge in [0, 0.05) is 24.6 Å². The van der Waals surface area contributed by atoms with Crippen molar-refractivity contribution in [1.29, 1.82) is 0 Å². The topological polar surface area (TPSA) is 41.6 Å². The van der Waals surface area contributed by atoms with E-state index in [-0.39, 0.29) is 12.5 Å². The molecule has 112 valence electrons. The molecule has 1 fully saturated rings. The lowest BCUT2D eigenvalue weighted by Gasteiger charge is -2.31. The summed E-state index contributed by atoms with van der Waals surface area (Å²) >= 11 is 1.83. The van der Waals surface area contributed by atoms with E-state index in [0.29, 0.717) is 12.5 Å². The third-order valence-electron chi connectivity index (χ3n) is 3.69. The SMILES string of the molecule is CCOCC(=O)NCC1CCN(Cc2cccs2)CC1. The molecule has 0 spiro atoms. The van der Waals surface area contributed by atoms with Gasteiger partial charge in [0.1, 0.15) is 6.61 Å². The first-order valence-electron chi connectivity index (χ1n) is 7.37. The molecule has 20 heavy (non-hydrogen) atoms. The van der Waals surface area contributed by atoms with Gasteiger partial charge in [-0.25, -0.2) is 0 Å². The predicted octanol–water partition coefficient (Wildman–Crippen LogP) is 2.11. The number of thiophene rings is 1. The number of hydrogen-bond acceptors (Lipinski definition) is 4. The first kappa shape index (κ1) is 15.5. The Bertz CT molecular complexity index is 387. The van der Waals surface area contributed by atoms with Crippen LogP contribution in [0.5, 0.6) is 0 Å². The number of hydrogen-bond donors (Lipinski definition) is 1. The first-order chi connectivity index (χ1) is 9.78. The number of amides is 1. The molecule has 0 unspecified atom stereocenters. The maximum atomic E-state index is 11.5. The van der Waals surface area contributed by atoms with Crippen LogP contribution in [0.4, 0.5) is 0 Å². The number of carbonyl (C=O) groups excluding carboxylic acids is 1. The van der Waals surface area contributed by atoms with Gasteiger partial charge >= 0.3 is 0 Å². The molecule has 0 bridgehead atoms. The summed E-state index contributed by atoms with van der Waals surface area (Å²) in [7, 11) is 0. The molecule has 4 nitrogen and oxygen atoms in total. The van der Waals surface area contributed by atoms with E-state index in [0.717, 1.165) is 26.2 Å². The Balaban J connectivity index is 1.60. The quantitative estimate of drug-likeness (QED) is 0.838. The van der Waals surface area contributed by atoms with Crippen LogP contribution in [0.2, 0.25) is 0 Å². The lowest BCUT2D eigenvalue weighted by Crippen LogP contribution is -2.39. The van der Waals surface area contributed by atoms with E-state index in [9.17, 15) is 4.79 Å². The molecule has 0 atom stereocenters. The maximum absolute atomic E-state index is 11.5. The molecule has 1 amide bonds. The van der Waals surface area contributed by atoms with Gasteiger partial charge in [-0.1, -0.05) is 6.07 Å². The highest BCUT2D eigenvalue weighted by molar-refractivity contribution is 7.09. The van der Waals surface area contributed by atoms with Gasteiger partial charge in [0.05, 0.1) is 0 Å². The minimum absolute atomic E-state index is 0.00728. The average molecular weight is 296 g/mol. The van der Waals surface area contributed by atoms with Crippen molar-refractivity contribution in [3.8, 4) is 0 Å². The molecule has 1 aromatic heterocycles. The second-order valence-electron chi connectivity index (χ2n) is 5.24. The molecular weight excluding hydrogens is 272 g/mol. The van der Waals surface area contributed by atoms with E-state index < -0.39 is 0 Å². The molecule has 1 aliphatic heterocycles. The van der Waals surface area contributed by atoms with E-state index in [2.05, 4.69) is 27.7 Å². The average Bonchev–Trinajstić information content (AvgIpc) is 2.97. The molecule has 1 N–H and O–H groups in total. The van der Waals surface area contributed by atoms with E-state index in [1.54, 1.807) is 0 Å². The van der Waals surface area contributed by atoms with Crippen molar-refractivity contribution in [1.82, 2.24) is 10.2 Å². The largest absolute Gasteiger partial charge is 0.372 e. The molecule has 2 rings (SSSR count). The molecule has 1 aromatic rings. The number of rotatable bonds is 7. The molecule has 2 heterocycles. The summed E-state index contributed by atoms with van der Waals surface area (Å²) in [6.45, 7) is 6.80.